The van der Waals surface area contributed by atoms with Gasteiger partial charge in [-0.25, -0.2) is 18.4 Å². The molecule has 0 bridgehead atoms. The first-order valence-electron chi connectivity index (χ1n) is 10.6. The van der Waals surface area contributed by atoms with Crippen LogP contribution < -0.4 is 9.64 Å². The molecule has 13 heteroatoms. The average Bonchev–Trinajstić information content (AvgIpc) is 3.33. The fraction of sp³-hybridized carbons (Fsp3) is 0.0833. The van der Waals surface area contributed by atoms with Gasteiger partial charge in [-0.1, -0.05) is 42.1 Å². The van der Waals surface area contributed by atoms with Crippen molar-refractivity contribution in [2.75, 3.05) is 10.8 Å². The lowest BCUT2D eigenvalue weighted by molar-refractivity contribution is -0.274. The predicted molar refractivity (Wildman–Crippen MR) is 130 cm³/mol. The lowest BCUT2D eigenvalue weighted by Gasteiger charge is -2.32. The highest BCUT2D eigenvalue weighted by atomic mass is 32.2. The van der Waals surface area contributed by atoms with Crippen molar-refractivity contribution in [2.24, 2.45) is 10.2 Å². The number of hydrogen-bond acceptors (Lipinski definition) is 6. The third-order valence-corrected chi connectivity index (χ3v) is 6.05. The van der Waals surface area contributed by atoms with Gasteiger partial charge < -0.3 is 9.64 Å². The van der Waals surface area contributed by atoms with Crippen molar-refractivity contribution in [3.05, 3.63) is 90.3 Å². The number of nitrogens with zero attached hydrogens (tertiary/aromatic N) is 6. The summed E-state index contributed by atoms with van der Waals surface area (Å²) in [5.41, 5.74) is 1.78. The first-order chi connectivity index (χ1) is 17.8. The molecule has 0 spiro atoms. The van der Waals surface area contributed by atoms with Crippen molar-refractivity contribution in [2.45, 2.75) is 6.36 Å². The molecule has 1 fully saturated rings. The van der Waals surface area contributed by atoms with E-state index in [1.807, 2.05) is 0 Å². The molecule has 2 heterocycles. The number of aromatic nitrogens is 3. The van der Waals surface area contributed by atoms with Gasteiger partial charge in [-0.05, 0) is 42.0 Å². The molecule has 1 aliphatic rings. The Balaban J connectivity index is 1.24. The first-order valence-corrected chi connectivity index (χ1v) is 11.6. The molecule has 0 unspecified atom stereocenters. The molecule has 0 aliphatic carbocycles. The maximum absolute atomic E-state index is 14.0. The summed E-state index contributed by atoms with van der Waals surface area (Å²) in [5, 5.41) is 12.8. The minimum Gasteiger partial charge on any atom is -0.406 e. The molecule has 4 aromatic rings. The van der Waals surface area contributed by atoms with E-state index < -0.39 is 18.0 Å². The largest absolute Gasteiger partial charge is 0.573 e. The molecule has 1 saturated heterocycles. The average molecular weight is 530 g/mol. The number of amidine groups is 1. The quantitative estimate of drug-likeness (QED) is 0.174. The molecule has 7 nitrogen and oxygen atoms in total. The Morgan fingerprint density at radius 1 is 0.946 bits per heavy atom. The van der Waals surface area contributed by atoms with Gasteiger partial charge in [-0.2, -0.15) is 5.10 Å². The van der Waals surface area contributed by atoms with Crippen LogP contribution in [0.3, 0.4) is 0 Å². The van der Waals surface area contributed by atoms with Gasteiger partial charge in [-0.15, -0.1) is 23.4 Å². The topological polar surface area (TPSA) is 67.9 Å². The van der Waals surface area contributed by atoms with Crippen LogP contribution in [0, 0.1) is 11.6 Å². The lowest BCUT2D eigenvalue weighted by Crippen LogP contribution is -2.39. The number of hydrogen-bond donors (Lipinski definition) is 0. The number of benzene rings is 3. The van der Waals surface area contributed by atoms with Crippen molar-refractivity contribution >= 4 is 28.8 Å². The van der Waals surface area contributed by atoms with E-state index in [0.717, 1.165) is 5.56 Å². The van der Waals surface area contributed by atoms with Gasteiger partial charge in [0.2, 0.25) is 0 Å². The summed E-state index contributed by atoms with van der Waals surface area (Å²) in [5.74, 6) is -0.895. The normalized spacial score (nSPS) is 14.8. The molecule has 37 heavy (non-hydrogen) atoms. The summed E-state index contributed by atoms with van der Waals surface area (Å²) in [6, 6.07) is 16.0. The number of para-hydroxylation sites is 1. The van der Waals surface area contributed by atoms with Crippen molar-refractivity contribution in [3.8, 4) is 22.8 Å². The van der Waals surface area contributed by atoms with E-state index >= 15 is 0 Å². The van der Waals surface area contributed by atoms with Crippen LogP contribution in [0.15, 0.2) is 83.3 Å². The Hall–Kier alpha value is -4.26. The Bertz CT molecular complexity index is 1450. The first kappa shape index (κ1) is 24.4. The maximum atomic E-state index is 14.0. The van der Waals surface area contributed by atoms with Gasteiger partial charge in [0.1, 0.15) is 29.4 Å². The third kappa shape index (κ3) is 5.61. The summed E-state index contributed by atoms with van der Waals surface area (Å²) in [7, 11) is 0. The predicted octanol–water partition coefficient (Wildman–Crippen LogP) is 6.01. The van der Waals surface area contributed by atoms with Crippen molar-refractivity contribution in [1.82, 2.24) is 14.8 Å². The fourth-order valence-electron chi connectivity index (χ4n) is 3.36. The second-order valence-corrected chi connectivity index (χ2v) is 8.49. The Morgan fingerprint density at radius 3 is 2.27 bits per heavy atom. The number of alkyl halides is 3. The molecule has 1 aromatic heterocycles. The number of rotatable bonds is 6. The van der Waals surface area contributed by atoms with E-state index in [4.69, 9.17) is 0 Å². The van der Waals surface area contributed by atoms with Crippen LogP contribution in [-0.4, -0.2) is 38.4 Å². The lowest BCUT2D eigenvalue weighted by atomic mass is 10.1. The number of thioether (sulfide) groups is 1. The van der Waals surface area contributed by atoms with Crippen molar-refractivity contribution in [1.29, 1.82) is 0 Å². The van der Waals surface area contributed by atoms with E-state index in [1.54, 1.807) is 24.3 Å². The molecule has 1 aliphatic heterocycles. The summed E-state index contributed by atoms with van der Waals surface area (Å²) < 4.78 is 70.2. The van der Waals surface area contributed by atoms with Gasteiger partial charge in [0, 0.05) is 5.56 Å². The van der Waals surface area contributed by atoms with Gasteiger partial charge in [0.15, 0.2) is 11.0 Å². The van der Waals surface area contributed by atoms with Crippen molar-refractivity contribution in [3.63, 3.8) is 0 Å². The molecule has 0 radical (unpaired) electrons. The number of ether oxygens (including phenoxy) is 1. The van der Waals surface area contributed by atoms with Crippen LogP contribution in [0.25, 0.3) is 17.1 Å². The summed E-state index contributed by atoms with van der Waals surface area (Å²) in [4.78, 5) is 5.66. The minimum atomic E-state index is -4.76. The zero-order chi connectivity index (χ0) is 26.0. The Morgan fingerprint density at radius 2 is 1.65 bits per heavy atom. The molecular weight excluding hydrogens is 515 g/mol. The molecule has 5 rings (SSSR count). The van der Waals surface area contributed by atoms with Crippen LogP contribution in [0.1, 0.15) is 5.56 Å². The number of halogens is 5. The fourth-order valence-corrected chi connectivity index (χ4v) is 4.06. The molecule has 0 N–H and O–H groups in total. The van der Waals surface area contributed by atoms with Crippen LogP contribution in [-0.2, 0) is 0 Å². The highest BCUT2D eigenvalue weighted by Gasteiger charge is 2.31. The van der Waals surface area contributed by atoms with Crippen LogP contribution in [0.4, 0.5) is 27.6 Å². The van der Waals surface area contributed by atoms with Crippen LogP contribution >= 0.6 is 11.8 Å². The van der Waals surface area contributed by atoms with E-state index in [2.05, 4.69) is 25.0 Å². The molecule has 0 saturated carbocycles. The highest BCUT2D eigenvalue weighted by molar-refractivity contribution is 8.16. The zero-order valence-corrected chi connectivity index (χ0v) is 19.4. The molecule has 3 aromatic carbocycles. The molecule has 0 amide bonds. The van der Waals surface area contributed by atoms with Gasteiger partial charge in [0.05, 0.1) is 17.8 Å². The standard InChI is InChI=1S/C24H15F5N6OS/c25-19-2-1-3-20(26)21(19)34-14-37-23(34)32-31-12-15-4-6-16(7-5-15)22-30-13-35(33-22)17-8-10-18(11-9-17)36-24(27,28)29/h1-13H,14H2. The van der Waals surface area contributed by atoms with Crippen LogP contribution in [0.5, 0.6) is 5.75 Å². The number of anilines is 1. The van der Waals surface area contributed by atoms with E-state index in [-0.39, 0.29) is 11.4 Å². The summed E-state index contributed by atoms with van der Waals surface area (Å²) in [6.45, 7) is 0. The smallest absolute Gasteiger partial charge is 0.406 e. The summed E-state index contributed by atoms with van der Waals surface area (Å²) in [6.07, 6.45) is -1.81. The SMILES string of the molecule is Fc1cccc(F)c1N1CSC1=NN=Cc1ccc(-c2ncn(-c3ccc(OC(F)(F)F)cc3)n2)cc1. The Kier molecular flexibility index (Phi) is 6.61. The molecule has 188 valence electrons. The Labute approximate surface area is 210 Å². The minimum absolute atomic E-state index is 0.155. The summed E-state index contributed by atoms with van der Waals surface area (Å²) >= 11 is 1.32. The van der Waals surface area contributed by atoms with Crippen molar-refractivity contribution < 1.29 is 26.7 Å². The second-order valence-electron chi connectivity index (χ2n) is 7.58. The van der Waals surface area contributed by atoms with E-state index in [0.29, 0.717) is 28.1 Å². The second kappa shape index (κ2) is 10.0. The molecular formula is C24H15F5N6OS. The van der Waals surface area contributed by atoms with Gasteiger partial charge >= 0.3 is 6.36 Å². The van der Waals surface area contributed by atoms with Gasteiger partial charge in [-0.3, -0.25) is 0 Å². The maximum Gasteiger partial charge on any atom is 0.573 e. The molecule has 0 atom stereocenters. The van der Waals surface area contributed by atoms with E-state index in [1.165, 1.54) is 76.4 Å². The van der Waals surface area contributed by atoms with Gasteiger partial charge in [0.25, 0.3) is 0 Å². The monoisotopic (exact) mass is 530 g/mol. The van der Waals surface area contributed by atoms with E-state index in [9.17, 15) is 22.0 Å². The highest BCUT2D eigenvalue weighted by Crippen LogP contribution is 2.34. The zero-order valence-electron chi connectivity index (χ0n) is 18.6. The van der Waals surface area contributed by atoms with Crippen LogP contribution in [0.2, 0.25) is 0 Å². The third-order valence-electron chi connectivity index (χ3n) is 5.11.